The normalized spacial score (nSPS) is 14.6. The van der Waals surface area contributed by atoms with E-state index in [0.29, 0.717) is 5.56 Å². The molecular formula is C10H12FNO3. The van der Waals surface area contributed by atoms with Crippen LogP contribution in [0.3, 0.4) is 0 Å². The van der Waals surface area contributed by atoms with Crippen molar-refractivity contribution in [3.8, 4) is 0 Å². The van der Waals surface area contributed by atoms with Crippen LogP contribution in [-0.4, -0.2) is 28.3 Å². The number of hydrogen-bond acceptors (Lipinski definition) is 3. The van der Waals surface area contributed by atoms with Gasteiger partial charge in [-0.05, 0) is 17.7 Å². The number of rotatable bonds is 4. The molecule has 5 heteroatoms. The quantitative estimate of drug-likeness (QED) is 0.664. The molecule has 4 nitrogen and oxygen atoms in total. The minimum absolute atomic E-state index is 0.0425. The van der Waals surface area contributed by atoms with E-state index in [-0.39, 0.29) is 6.42 Å². The van der Waals surface area contributed by atoms with Gasteiger partial charge in [-0.2, -0.15) is 0 Å². The number of carboxylic acid groups (broad SMARTS) is 1. The first kappa shape index (κ1) is 11.6. The maximum absolute atomic E-state index is 12.6. The second-order valence-corrected chi connectivity index (χ2v) is 3.42. The Labute approximate surface area is 86.1 Å². The fourth-order valence-corrected chi connectivity index (χ4v) is 1.17. The highest BCUT2D eigenvalue weighted by Gasteiger charge is 2.33. The fraction of sp³-hybridized carbons (Fsp3) is 0.300. The summed E-state index contributed by atoms with van der Waals surface area (Å²) < 4.78 is 12.6. The Bertz CT molecular complexity index is 352. The van der Waals surface area contributed by atoms with E-state index in [1.165, 1.54) is 24.3 Å². The highest BCUT2D eigenvalue weighted by Crippen LogP contribution is 2.12. The Morgan fingerprint density at radius 1 is 1.40 bits per heavy atom. The molecule has 15 heavy (non-hydrogen) atoms. The van der Waals surface area contributed by atoms with Crippen LogP contribution in [0.1, 0.15) is 5.56 Å². The number of carboxylic acids is 1. The van der Waals surface area contributed by atoms with Crippen LogP contribution in [0.25, 0.3) is 0 Å². The second-order valence-electron chi connectivity index (χ2n) is 3.42. The number of aliphatic carboxylic acids is 1. The van der Waals surface area contributed by atoms with Gasteiger partial charge in [0.15, 0.2) is 0 Å². The number of halogens is 1. The Hall–Kier alpha value is -1.46. The molecule has 0 bridgehead atoms. The lowest BCUT2D eigenvalue weighted by Crippen LogP contribution is -2.53. The smallest absolute Gasteiger partial charge is 0.326 e. The lowest BCUT2D eigenvalue weighted by molar-refractivity contribution is -0.144. The summed E-state index contributed by atoms with van der Waals surface area (Å²) in [6.07, 6.45) is -0.0425. The number of aliphatic hydroxyl groups is 1. The van der Waals surface area contributed by atoms with E-state index in [9.17, 15) is 9.18 Å². The number of hydrogen-bond donors (Lipinski definition) is 3. The molecule has 1 rings (SSSR count). The van der Waals surface area contributed by atoms with Crippen molar-refractivity contribution in [2.75, 3.05) is 6.61 Å². The highest BCUT2D eigenvalue weighted by molar-refractivity contribution is 5.79. The van der Waals surface area contributed by atoms with E-state index in [2.05, 4.69) is 0 Å². The molecule has 0 aliphatic heterocycles. The number of aliphatic hydroxyl groups excluding tert-OH is 1. The highest BCUT2D eigenvalue weighted by atomic mass is 19.1. The molecule has 0 amide bonds. The molecule has 0 aliphatic rings. The van der Waals surface area contributed by atoms with Crippen molar-refractivity contribution in [3.05, 3.63) is 35.6 Å². The van der Waals surface area contributed by atoms with E-state index < -0.39 is 23.9 Å². The minimum atomic E-state index is -1.71. The van der Waals surface area contributed by atoms with Gasteiger partial charge in [0.1, 0.15) is 11.4 Å². The molecule has 0 fully saturated rings. The summed E-state index contributed by atoms with van der Waals surface area (Å²) in [5.74, 6) is -1.69. The lowest BCUT2D eigenvalue weighted by atomic mass is 9.93. The summed E-state index contributed by atoms with van der Waals surface area (Å²) in [5.41, 5.74) is 4.32. The first-order valence-electron chi connectivity index (χ1n) is 4.35. The van der Waals surface area contributed by atoms with Crippen molar-refractivity contribution >= 4 is 5.97 Å². The molecule has 0 unspecified atom stereocenters. The molecule has 0 aliphatic carbocycles. The van der Waals surface area contributed by atoms with E-state index in [1.807, 2.05) is 0 Å². The Morgan fingerprint density at radius 3 is 2.33 bits per heavy atom. The zero-order valence-electron chi connectivity index (χ0n) is 7.98. The van der Waals surface area contributed by atoms with E-state index in [4.69, 9.17) is 15.9 Å². The van der Waals surface area contributed by atoms with Crippen LogP contribution in [-0.2, 0) is 11.2 Å². The molecule has 1 aromatic carbocycles. The van der Waals surface area contributed by atoms with Crippen molar-refractivity contribution in [2.45, 2.75) is 12.0 Å². The maximum atomic E-state index is 12.6. The third-order valence-corrected chi connectivity index (χ3v) is 2.14. The zero-order valence-corrected chi connectivity index (χ0v) is 7.98. The molecule has 1 atom stereocenters. The van der Waals surface area contributed by atoms with Crippen molar-refractivity contribution in [1.29, 1.82) is 0 Å². The van der Waals surface area contributed by atoms with Gasteiger partial charge in [-0.15, -0.1) is 0 Å². The predicted octanol–water partition coefficient (Wildman–Crippen LogP) is 0.143. The molecule has 0 saturated heterocycles. The van der Waals surface area contributed by atoms with Crippen molar-refractivity contribution in [3.63, 3.8) is 0 Å². The SMILES string of the molecule is N[C@@](CO)(Cc1ccc(F)cc1)C(=O)O. The topological polar surface area (TPSA) is 83.5 Å². The number of benzene rings is 1. The van der Waals surface area contributed by atoms with E-state index in [0.717, 1.165) is 0 Å². The van der Waals surface area contributed by atoms with Crippen molar-refractivity contribution in [1.82, 2.24) is 0 Å². The van der Waals surface area contributed by atoms with E-state index >= 15 is 0 Å². The lowest BCUT2D eigenvalue weighted by Gasteiger charge is -2.21. The number of nitrogens with two attached hydrogens (primary N) is 1. The van der Waals surface area contributed by atoms with E-state index in [1.54, 1.807) is 0 Å². The monoisotopic (exact) mass is 213 g/mol. The Morgan fingerprint density at radius 2 is 1.93 bits per heavy atom. The van der Waals surface area contributed by atoms with Gasteiger partial charge in [0.05, 0.1) is 6.61 Å². The molecule has 0 spiro atoms. The molecule has 0 saturated carbocycles. The summed E-state index contributed by atoms with van der Waals surface area (Å²) in [5, 5.41) is 17.7. The third kappa shape index (κ3) is 2.74. The third-order valence-electron chi connectivity index (χ3n) is 2.14. The molecule has 1 aromatic rings. The largest absolute Gasteiger partial charge is 0.480 e. The van der Waals surface area contributed by atoms with Crippen LogP contribution >= 0.6 is 0 Å². The Kier molecular flexibility index (Phi) is 3.39. The van der Waals surface area contributed by atoms with Gasteiger partial charge < -0.3 is 15.9 Å². The van der Waals surface area contributed by atoms with Gasteiger partial charge in [0.25, 0.3) is 0 Å². The van der Waals surface area contributed by atoms with Gasteiger partial charge >= 0.3 is 5.97 Å². The van der Waals surface area contributed by atoms with Gasteiger partial charge in [-0.25, -0.2) is 4.39 Å². The summed E-state index contributed by atoms with van der Waals surface area (Å²) >= 11 is 0. The molecular weight excluding hydrogens is 201 g/mol. The van der Waals surface area contributed by atoms with Crippen LogP contribution < -0.4 is 5.73 Å². The van der Waals surface area contributed by atoms with Gasteiger partial charge in [0.2, 0.25) is 0 Å². The van der Waals surface area contributed by atoms with Crippen LogP contribution in [0.15, 0.2) is 24.3 Å². The maximum Gasteiger partial charge on any atom is 0.326 e. The predicted molar refractivity (Wildman–Crippen MR) is 51.7 cm³/mol. The molecule has 0 radical (unpaired) electrons. The van der Waals surface area contributed by atoms with Crippen LogP contribution in [0.2, 0.25) is 0 Å². The van der Waals surface area contributed by atoms with Crippen LogP contribution in [0, 0.1) is 5.82 Å². The summed E-state index contributed by atoms with van der Waals surface area (Å²) in [6, 6.07) is 5.31. The van der Waals surface area contributed by atoms with Crippen molar-refractivity contribution < 1.29 is 19.4 Å². The average molecular weight is 213 g/mol. The minimum Gasteiger partial charge on any atom is -0.480 e. The molecule has 0 aromatic heterocycles. The second kappa shape index (κ2) is 4.37. The zero-order chi connectivity index (χ0) is 11.5. The molecule has 82 valence electrons. The summed E-state index contributed by atoms with van der Waals surface area (Å²) in [6.45, 7) is -0.667. The number of carbonyl (C=O) groups is 1. The first-order valence-corrected chi connectivity index (χ1v) is 4.35. The Balaban J connectivity index is 2.84. The molecule has 4 N–H and O–H groups in total. The van der Waals surface area contributed by atoms with Gasteiger partial charge in [-0.1, -0.05) is 12.1 Å². The van der Waals surface area contributed by atoms with Gasteiger partial charge in [0, 0.05) is 6.42 Å². The summed E-state index contributed by atoms with van der Waals surface area (Å²) in [7, 11) is 0. The van der Waals surface area contributed by atoms with Crippen LogP contribution in [0.5, 0.6) is 0 Å². The summed E-state index contributed by atoms with van der Waals surface area (Å²) in [4.78, 5) is 10.8. The standard InChI is InChI=1S/C10H12FNO3/c11-8-3-1-7(2-4-8)5-10(12,6-13)9(14)15/h1-4,13H,5-6,12H2,(H,14,15)/t10-/m1/s1. The van der Waals surface area contributed by atoms with Crippen LogP contribution in [0.4, 0.5) is 4.39 Å². The molecule has 0 heterocycles. The fourth-order valence-electron chi connectivity index (χ4n) is 1.17. The van der Waals surface area contributed by atoms with Gasteiger partial charge in [-0.3, -0.25) is 4.79 Å². The first-order chi connectivity index (χ1) is 6.98. The van der Waals surface area contributed by atoms with Crippen molar-refractivity contribution in [2.24, 2.45) is 5.73 Å². The average Bonchev–Trinajstić information content (AvgIpc) is 2.21.